The molecule has 31 heavy (non-hydrogen) atoms. The van der Waals surface area contributed by atoms with Crippen LogP contribution in [0.3, 0.4) is 0 Å². The molecule has 1 unspecified atom stereocenters. The van der Waals surface area contributed by atoms with Gasteiger partial charge in [0.05, 0.1) is 22.6 Å². The number of imidazole rings is 1. The molecule has 2 aromatic heterocycles. The lowest BCUT2D eigenvalue weighted by Gasteiger charge is -2.32. The Kier molecular flexibility index (Phi) is 5.26. The van der Waals surface area contributed by atoms with Gasteiger partial charge in [0.25, 0.3) is 0 Å². The summed E-state index contributed by atoms with van der Waals surface area (Å²) < 4.78 is 0. The van der Waals surface area contributed by atoms with E-state index in [0.29, 0.717) is 17.5 Å². The summed E-state index contributed by atoms with van der Waals surface area (Å²) in [5, 5.41) is 12.4. The van der Waals surface area contributed by atoms with Crippen LogP contribution in [-0.4, -0.2) is 39.2 Å². The van der Waals surface area contributed by atoms with E-state index in [9.17, 15) is 4.79 Å². The predicted octanol–water partition coefficient (Wildman–Crippen LogP) is 4.53. The minimum absolute atomic E-state index is 0.0329. The molecule has 2 aromatic carbocycles. The summed E-state index contributed by atoms with van der Waals surface area (Å²) in [6, 6.07) is 19.1. The molecule has 0 saturated carbocycles. The molecular formula is C23H21ClN6O. The number of nitrogens with one attached hydrogen (secondary N) is 2. The van der Waals surface area contributed by atoms with Gasteiger partial charge in [-0.15, -0.1) is 10.2 Å². The molecule has 1 amide bonds. The fourth-order valence-corrected chi connectivity index (χ4v) is 4.02. The van der Waals surface area contributed by atoms with Crippen molar-refractivity contribution < 1.29 is 4.79 Å². The molecule has 3 heterocycles. The van der Waals surface area contributed by atoms with E-state index in [-0.39, 0.29) is 11.8 Å². The molecule has 5 rings (SSSR count). The zero-order valence-corrected chi connectivity index (χ0v) is 17.5. The van der Waals surface area contributed by atoms with Crippen LogP contribution >= 0.6 is 11.6 Å². The topological polar surface area (TPSA) is 86.8 Å². The number of halogens is 1. The van der Waals surface area contributed by atoms with E-state index < -0.39 is 0 Å². The SMILES string of the molecule is O=C(Nc1nc2ccccc2[nH]1)C1CCCN(c2ccc(-c3ccc(Cl)cc3)nn2)C1. The largest absolute Gasteiger partial charge is 0.354 e. The fourth-order valence-electron chi connectivity index (χ4n) is 3.90. The second-order valence-corrected chi connectivity index (χ2v) is 8.10. The van der Waals surface area contributed by atoms with Crippen molar-refractivity contribution in [1.29, 1.82) is 0 Å². The molecule has 8 heteroatoms. The smallest absolute Gasteiger partial charge is 0.231 e. The average molecular weight is 433 g/mol. The predicted molar refractivity (Wildman–Crippen MR) is 122 cm³/mol. The highest BCUT2D eigenvalue weighted by molar-refractivity contribution is 6.30. The van der Waals surface area contributed by atoms with Crippen molar-refractivity contribution in [1.82, 2.24) is 20.2 Å². The van der Waals surface area contributed by atoms with E-state index in [2.05, 4.69) is 30.4 Å². The number of carbonyl (C=O) groups is 1. The highest BCUT2D eigenvalue weighted by Gasteiger charge is 2.27. The quantitative estimate of drug-likeness (QED) is 0.494. The highest BCUT2D eigenvalue weighted by atomic mass is 35.5. The van der Waals surface area contributed by atoms with Crippen LogP contribution in [0.15, 0.2) is 60.7 Å². The van der Waals surface area contributed by atoms with Crippen LogP contribution in [-0.2, 0) is 4.79 Å². The molecule has 0 bridgehead atoms. The molecule has 4 aromatic rings. The van der Waals surface area contributed by atoms with E-state index in [1.165, 1.54) is 0 Å². The average Bonchev–Trinajstić information content (AvgIpc) is 3.22. The third-order valence-electron chi connectivity index (χ3n) is 5.54. The van der Waals surface area contributed by atoms with E-state index in [0.717, 1.165) is 47.5 Å². The maximum Gasteiger partial charge on any atom is 0.231 e. The minimum Gasteiger partial charge on any atom is -0.354 e. The first-order valence-corrected chi connectivity index (χ1v) is 10.6. The Labute approximate surface area is 184 Å². The van der Waals surface area contributed by atoms with E-state index in [4.69, 9.17) is 11.6 Å². The number of carbonyl (C=O) groups excluding carboxylic acids is 1. The van der Waals surface area contributed by atoms with Crippen molar-refractivity contribution in [3.05, 3.63) is 65.7 Å². The van der Waals surface area contributed by atoms with Gasteiger partial charge < -0.3 is 9.88 Å². The molecular weight excluding hydrogens is 412 g/mol. The van der Waals surface area contributed by atoms with Gasteiger partial charge in [-0.25, -0.2) is 4.98 Å². The number of amides is 1. The summed E-state index contributed by atoms with van der Waals surface area (Å²) >= 11 is 5.96. The van der Waals surface area contributed by atoms with E-state index in [1.807, 2.05) is 60.7 Å². The lowest BCUT2D eigenvalue weighted by molar-refractivity contribution is -0.120. The molecule has 1 aliphatic heterocycles. The third-order valence-corrected chi connectivity index (χ3v) is 5.79. The van der Waals surface area contributed by atoms with Gasteiger partial charge in [0.15, 0.2) is 5.82 Å². The molecule has 0 radical (unpaired) electrons. The van der Waals surface area contributed by atoms with Gasteiger partial charge in [-0.3, -0.25) is 10.1 Å². The zero-order valence-electron chi connectivity index (χ0n) is 16.8. The monoisotopic (exact) mass is 432 g/mol. The summed E-state index contributed by atoms with van der Waals surface area (Å²) in [6.45, 7) is 1.45. The number of aromatic nitrogens is 4. The van der Waals surface area contributed by atoms with Gasteiger partial charge in [-0.2, -0.15) is 0 Å². The number of piperidine rings is 1. The molecule has 156 valence electrons. The normalized spacial score (nSPS) is 16.4. The second kappa shape index (κ2) is 8.35. The van der Waals surface area contributed by atoms with Gasteiger partial charge in [0, 0.05) is 23.7 Å². The van der Waals surface area contributed by atoms with Crippen LogP contribution in [0.25, 0.3) is 22.3 Å². The van der Waals surface area contributed by atoms with Gasteiger partial charge in [0.1, 0.15) is 0 Å². The van der Waals surface area contributed by atoms with Crippen molar-refractivity contribution >= 4 is 40.3 Å². The van der Waals surface area contributed by atoms with Crippen molar-refractivity contribution in [2.75, 3.05) is 23.3 Å². The maximum absolute atomic E-state index is 12.8. The van der Waals surface area contributed by atoms with Crippen molar-refractivity contribution in [3.63, 3.8) is 0 Å². The minimum atomic E-state index is -0.139. The van der Waals surface area contributed by atoms with Crippen molar-refractivity contribution in [2.24, 2.45) is 5.92 Å². The molecule has 7 nitrogen and oxygen atoms in total. The van der Waals surface area contributed by atoms with Crippen LogP contribution in [0.4, 0.5) is 11.8 Å². The second-order valence-electron chi connectivity index (χ2n) is 7.66. The number of hydrogen-bond donors (Lipinski definition) is 2. The van der Waals surface area contributed by atoms with E-state index in [1.54, 1.807) is 0 Å². The summed E-state index contributed by atoms with van der Waals surface area (Å²) in [5.74, 6) is 1.09. The number of H-pyrrole nitrogens is 1. The molecule has 0 spiro atoms. The number of hydrogen-bond acceptors (Lipinski definition) is 5. The number of benzene rings is 2. The number of para-hydroxylation sites is 2. The number of fused-ring (bicyclic) bond motifs is 1. The summed E-state index contributed by atoms with van der Waals surface area (Å²) in [4.78, 5) is 22.5. The summed E-state index contributed by atoms with van der Waals surface area (Å²) in [7, 11) is 0. The molecule has 0 aliphatic carbocycles. The number of aromatic amines is 1. The van der Waals surface area contributed by atoms with E-state index >= 15 is 0 Å². The van der Waals surface area contributed by atoms with Crippen LogP contribution in [0.5, 0.6) is 0 Å². The fraction of sp³-hybridized carbons (Fsp3) is 0.217. The first-order valence-electron chi connectivity index (χ1n) is 10.3. The Bertz CT molecular complexity index is 1170. The molecule has 1 saturated heterocycles. The standard InChI is InChI=1S/C23H21ClN6O/c24-17-9-7-15(8-10-17)18-11-12-21(29-28-18)30-13-3-4-16(14-30)22(31)27-23-25-19-5-1-2-6-20(19)26-23/h1-2,5-12,16H,3-4,13-14H2,(H2,25,26,27,31). The van der Waals surface area contributed by atoms with Gasteiger partial charge in [0.2, 0.25) is 11.9 Å². The summed E-state index contributed by atoms with van der Waals surface area (Å²) in [5.41, 5.74) is 3.49. The first kappa shape index (κ1) is 19.5. The lowest BCUT2D eigenvalue weighted by Crippen LogP contribution is -2.41. The van der Waals surface area contributed by atoms with Gasteiger partial charge >= 0.3 is 0 Å². The third kappa shape index (κ3) is 4.22. The van der Waals surface area contributed by atoms with Crippen molar-refractivity contribution in [3.8, 4) is 11.3 Å². The Hall–Kier alpha value is -3.45. The number of nitrogens with zero attached hydrogens (tertiary/aromatic N) is 4. The Balaban J connectivity index is 1.26. The molecule has 2 N–H and O–H groups in total. The van der Waals surface area contributed by atoms with Crippen molar-refractivity contribution in [2.45, 2.75) is 12.8 Å². The van der Waals surface area contributed by atoms with Gasteiger partial charge in [-0.05, 0) is 49.2 Å². The van der Waals surface area contributed by atoms with Gasteiger partial charge in [-0.1, -0.05) is 35.9 Å². The Morgan fingerprint density at radius 1 is 1.06 bits per heavy atom. The first-order chi connectivity index (χ1) is 15.2. The molecule has 1 atom stereocenters. The molecule has 1 fully saturated rings. The zero-order chi connectivity index (χ0) is 21.2. The Morgan fingerprint density at radius 3 is 2.68 bits per heavy atom. The van der Waals surface area contributed by atoms with Crippen LogP contribution in [0.2, 0.25) is 5.02 Å². The number of rotatable bonds is 4. The molecule has 1 aliphatic rings. The number of anilines is 2. The maximum atomic E-state index is 12.8. The summed E-state index contributed by atoms with van der Waals surface area (Å²) in [6.07, 6.45) is 1.75. The van der Waals surface area contributed by atoms with Crippen LogP contribution < -0.4 is 10.2 Å². The van der Waals surface area contributed by atoms with Crippen LogP contribution in [0, 0.1) is 5.92 Å². The van der Waals surface area contributed by atoms with Crippen LogP contribution in [0.1, 0.15) is 12.8 Å². The lowest BCUT2D eigenvalue weighted by atomic mass is 9.97. The Morgan fingerprint density at radius 2 is 1.90 bits per heavy atom. The highest BCUT2D eigenvalue weighted by Crippen LogP contribution is 2.25.